The molecule has 2 aliphatic heterocycles. The summed E-state index contributed by atoms with van der Waals surface area (Å²) in [6.45, 7) is 2.06. The van der Waals surface area contributed by atoms with E-state index < -0.39 is 0 Å². The number of hydrogen-bond acceptors (Lipinski definition) is 3. The van der Waals surface area contributed by atoms with Crippen LogP contribution in [0.5, 0.6) is 5.75 Å². The number of nitrogens with zero attached hydrogens (tertiary/aromatic N) is 1. The van der Waals surface area contributed by atoms with Crippen molar-refractivity contribution in [1.82, 2.24) is 14.9 Å². The molecule has 0 bridgehead atoms. The average molecular weight is 478 g/mol. The Hall–Kier alpha value is -3.35. The normalized spacial score (nSPS) is 18.1. The summed E-state index contributed by atoms with van der Waals surface area (Å²) in [7, 11) is 0. The van der Waals surface area contributed by atoms with Gasteiger partial charge in [0.15, 0.2) is 0 Å². The van der Waals surface area contributed by atoms with Crippen molar-refractivity contribution in [3.05, 3.63) is 99.2 Å². The van der Waals surface area contributed by atoms with E-state index in [1.807, 2.05) is 41.0 Å². The second kappa shape index (κ2) is 9.12. The van der Waals surface area contributed by atoms with Crippen LogP contribution in [0.15, 0.2) is 65.5 Å². The van der Waals surface area contributed by atoms with Gasteiger partial charge in [-0.2, -0.15) is 0 Å². The Morgan fingerprint density at radius 3 is 2.82 bits per heavy atom. The lowest BCUT2D eigenvalue weighted by molar-refractivity contribution is 0.305. The summed E-state index contributed by atoms with van der Waals surface area (Å²) in [6.07, 6.45) is 4.32. The van der Waals surface area contributed by atoms with Gasteiger partial charge in [0.05, 0.1) is 11.0 Å². The molecule has 1 fully saturated rings. The van der Waals surface area contributed by atoms with E-state index in [4.69, 9.17) is 4.74 Å². The number of ether oxygens (including phenoxy) is 1. The summed E-state index contributed by atoms with van der Waals surface area (Å²) in [4.78, 5) is 15.7. The first kappa shape index (κ1) is 22.4. The van der Waals surface area contributed by atoms with Crippen LogP contribution in [0.2, 0.25) is 0 Å². The Morgan fingerprint density at radius 1 is 1.09 bits per heavy atom. The van der Waals surface area contributed by atoms with Gasteiger partial charge in [0, 0.05) is 24.2 Å². The molecule has 0 aliphatic carbocycles. The lowest BCUT2D eigenvalue weighted by Gasteiger charge is -2.12. The molecule has 3 heterocycles. The Morgan fingerprint density at radius 2 is 1.97 bits per heavy atom. The lowest BCUT2D eigenvalue weighted by atomic mass is 9.92. The van der Waals surface area contributed by atoms with Gasteiger partial charge < -0.3 is 15.0 Å². The van der Waals surface area contributed by atoms with E-state index in [-0.39, 0.29) is 23.9 Å². The van der Waals surface area contributed by atoms with Gasteiger partial charge in [0.2, 0.25) is 0 Å². The second-order valence-electron chi connectivity index (χ2n) is 8.75. The fourth-order valence-electron chi connectivity index (χ4n) is 4.95. The number of fused-ring (bicyclic) bond motifs is 3. The van der Waals surface area contributed by atoms with Crippen LogP contribution in [0, 0.1) is 5.82 Å². The fraction of sp³-hybridized carbons (Fsp3) is 0.222. The summed E-state index contributed by atoms with van der Waals surface area (Å²) < 4.78 is 21.7. The number of rotatable bonds is 3. The Kier molecular flexibility index (Phi) is 6.02. The van der Waals surface area contributed by atoms with Gasteiger partial charge in [-0.15, -0.1) is 12.4 Å². The number of aromatic nitrogens is 2. The van der Waals surface area contributed by atoms with Crippen molar-refractivity contribution in [2.24, 2.45) is 0 Å². The molecule has 0 amide bonds. The summed E-state index contributed by atoms with van der Waals surface area (Å²) in [5.41, 5.74) is 6.50. The SMILES string of the molecule is Cl.O=c1[nH]c2cc(/C=C3\c4ccccc4COc4cc(F)ccc43)ccc2n1C[C@@H]1CCCN1. The average Bonchev–Trinajstić information content (AvgIpc) is 3.41. The van der Waals surface area contributed by atoms with Crippen LogP contribution in [-0.2, 0) is 13.2 Å². The van der Waals surface area contributed by atoms with Crippen LogP contribution in [0.1, 0.15) is 35.1 Å². The maximum atomic E-state index is 13.9. The largest absolute Gasteiger partial charge is 0.488 e. The molecule has 3 aromatic carbocycles. The number of nitrogens with one attached hydrogen (secondary N) is 2. The molecule has 5 nitrogen and oxygen atoms in total. The third-order valence-electron chi connectivity index (χ3n) is 6.60. The fourth-order valence-corrected chi connectivity index (χ4v) is 4.95. The van der Waals surface area contributed by atoms with Gasteiger partial charge >= 0.3 is 5.69 Å². The first-order valence-corrected chi connectivity index (χ1v) is 11.3. The number of imidazole rings is 1. The van der Waals surface area contributed by atoms with Crippen molar-refractivity contribution in [1.29, 1.82) is 0 Å². The van der Waals surface area contributed by atoms with Gasteiger partial charge in [0.25, 0.3) is 0 Å². The molecule has 1 atom stereocenters. The highest BCUT2D eigenvalue weighted by Gasteiger charge is 2.20. The first-order valence-electron chi connectivity index (χ1n) is 11.3. The van der Waals surface area contributed by atoms with Crippen molar-refractivity contribution in [2.45, 2.75) is 32.0 Å². The van der Waals surface area contributed by atoms with Gasteiger partial charge in [-0.1, -0.05) is 30.3 Å². The van der Waals surface area contributed by atoms with Gasteiger partial charge in [-0.25, -0.2) is 9.18 Å². The molecule has 4 aromatic rings. The Balaban J connectivity index is 0.00000241. The summed E-state index contributed by atoms with van der Waals surface area (Å²) in [5, 5.41) is 3.46. The van der Waals surface area contributed by atoms with E-state index in [9.17, 15) is 9.18 Å². The van der Waals surface area contributed by atoms with Crippen LogP contribution < -0.4 is 15.7 Å². The summed E-state index contributed by atoms with van der Waals surface area (Å²) >= 11 is 0. The van der Waals surface area contributed by atoms with Crippen molar-refractivity contribution < 1.29 is 9.13 Å². The van der Waals surface area contributed by atoms with Crippen LogP contribution >= 0.6 is 12.4 Å². The van der Waals surface area contributed by atoms with E-state index in [1.165, 1.54) is 12.1 Å². The second-order valence-corrected chi connectivity index (χ2v) is 8.75. The van der Waals surface area contributed by atoms with E-state index >= 15 is 0 Å². The van der Waals surface area contributed by atoms with E-state index in [2.05, 4.69) is 22.4 Å². The monoisotopic (exact) mass is 477 g/mol. The number of aromatic amines is 1. The molecular weight excluding hydrogens is 453 g/mol. The zero-order chi connectivity index (χ0) is 22.4. The molecule has 174 valence electrons. The Labute approximate surface area is 202 Å². The number of H-pyrrole nitrogens is 1. The van der Waals surface area contributed by atoms with Gasteiger partial charge in [-0.05, 0) is 72.0 Å². The van der Waals surface area contributed by atoms with Gasteiger partial charge in [0.1, 0.15) is 18.2 Å². The lowest BCUT2D eigenvalue weighted by Crippen LogP contribution is -2.31. The predicted octanol–water partition coefficient (Wildman–Crippen LogP) is 5.12. The van der Waals surface area contributed by atoms with Crippen LogP contribution in [0.3, 0.4) is 0 Å². The molecule has 0 saturated carbocycles. The van der Waals surface area contributed by atoms with Crippen LogP contribution in [0.4, 0.5) is 4.39 Å². The van der Waals surface area contributed by atoms with E-state index in [0.717, 1.165) is 58.2 Å². The molecule has 1 aromatic heterocycles. The number of halogens is 2. The molecule has 6 rings (SSSR count). The third kappa shape index (κ3) is 4.04. The highest BCUT2D eigenvalue weighted by atomic mass is 35.5. The quantitative estimate of drug-likeness (QED) is 0.430. The molecule has 0 radical (unpaired) electrons. The highest BCUT2D eigenvalue weighted by Crippen LogP contribution is 2.38. The van der Waals surface area contributed by atoms with Crippen molar-refractivity contribution in [3.63, 3.8) is 0 Å². The maximum absolute atomic E-state index is 13.9. The highest BCUT2D eigenvalue weighted by molar-refractivity contribution is 5.95. The van der Waals surface area contributed by atoms with Crippen molar-refractivity contribution >= 4 is 35.1 Å². The van der Waals surface area contributed by atoms with Crippen molar-refractivity contribution in [2.75, 3.05) is 6.54 Å². The molecule has 2 aliphatic rings. The first-order chi connectivity index (χ1) is 16.2. The van der Waals surface area contributed by atoms with Crippen LogP contribution in [-0.4, -0.2) is 22.1 Å². The molecule has 34 heavy (non-hydrogen) atoms. The van der Waals surface area contributed by atoms with Gasteiger partial charge in [-0.3, -0.25) is 4.57 Å². The smallest absolute Gasteiger partial charge is 0.326 e. The minimum atomic E-state index is -0.323. The van der Waals surface area contributed by atoms with Crippen LogP contribution in [0.25, 0.3) is 22.7 Å². The predicted molar refractivity (Wildman–Crippen MR) is 135 cm³/mol. The summed E-state index contributed by atoms with van der Waals surface area (Å²) in [5.74, 6) is 0.207. The zero-order valence-electron chi connectivity index (χ0n) is 18.5. The van der Waals surface area contributed by atoms with E-state index in [0.29, 0.717) is 24.9 Å². The van der Waals surface area contributed by atoms with Crippen molar-refractivity contribution in [3.8, 4) is 5.75 Å². The Bertz CT molecular complexity index is 1450. The molecule has 0 spiro atoms. The van der Waals surface area contributed by atoms with E-state index in [1.54, 1.807) is 6.07 Å². The molecule has 7 heteroatoms. The number of benzene rings is 3. The summed E-state index contributed by atoms with van der Waals surface area (Å²) in [6, 6.07) is 19.1. The minimum Gasteiger partial charge on any atom is -0.488 e. The topological polar surface area (TPSA) is 59.1 Å². The molecule has 0 unspecified atom stereocenters. The molecule has 1 saturated heterocycles. The maximum Gasteiger partial charge on any atom is 0.326 e. The third-order valence-corrected chi connectivity index (χ3v) is 6.60. The minimum absolute atomic E-state index is 0. The number of hydrogen-bond donors (Lipinski definition) is 2. The molecular formula is C27H25ClFN3O2. The zero-order valence-corrected chi connectivity index (χ0v) is 19.3. The molecule has 2 N–H and O–H groups in total. The standard InChI is InChI=1S/C27H24FN3O2.ClH/c28-19-8-9-22-23(21-6-2-1-4-18(21)16-33-26(22)14-19)12-17-7-10-25-24(13-17)30-27(32)31(25)15-20-5-3-11-29-20;/h1-2,4,6-10,12-14,20,29H,3,5,11,15-16H2,(H,30,32);1H/b23-12+;/t20-;/m0./s1.